The number of rotatable bonds is 3. The molecule has 0 aliphatic carbocycles. The smallest absolute Gasteiger partial charge is 0.0602 e. The van der Waals surface area contributed by atoms with Crippen LogP contribution in [-0.2, 0) is 13.5 Å². The van der Waals surface area contributed by atoms with Crippen molar-refractivity contribution in [3.05, 3.63) is 42.2 Å². The predicted molar refractivity (Wildman–Crippen MR) is 78.7 cm³/mol. The molecule has 2 heterocycles. The van der Waals surface area contributed by atoms with Gasteiger partial charge in [0.2, 0.25) is 0 Å². The lowest BCUT2D eigenvalue weighted by Crippen LogP contribution is -2.27. The van der Waals surface area contributed by atoms with Gasteiger partial charge in [0.05, 0.1) is 11.4 Å². The van der Waals surface area contributed by atoms with Crippen molar-refractivity contribution in [2.75, 3.05) is 29.9 Å². The number of fused-ring (bicyclic) bond motifs is 1. The van der Waals surface area contributed by atoms with E-state index in [0.717, 1.165) is 26.1 Å². The second kappa shape index (κ2) is 5.34. The van der Waals surface area contributed by atoms with E-state index < -0.39 is 0 Å². The number of nitrogens with one attached hydrogen (secondary N) is 1. The van der Waals surface area contributed by atoms with E-state index in [2.05, 4.69) is 45.6 Å². The molecular weight excluding hydrogens is 236 g/mol. The van der Waals surface area contributed by atoms with E-state index in [-0.39, 0.29) is 0 Å². The third-order valence-electron chi connectivity index (χ3n) is 3.73. The lowest BCUT2D eigenvalue weighted by molar-refractivity contribution is 0.682. The molecule has 0 spiro atoms. The molecule has 3 rings (SSSR count). The van der Waals surface area contributed by atoms with Crippen LogP contribution in [0.2, 0.25) is 0 Å². The Morgan fingerprint density at radius 1 is 1.26 bits per heavy atom. The second-order valence-corrected chi connectivity index (χ2v) is 4.98. The summed E-state index contributed by atoms with van der Waals surface area (Å²) in [4.78, 5) is 2.47. The van der Waals surface area contributed by atoms with Crippen molar-refractivity contribution in [1.29, 1.82) is 0 Å². The van der Waals surface area contributed by atoms with Crippen LogP contribution in [0.25, 0.3) is 0 Å². The summed E-state index contributed by atoms with van der Waals surface area (Å²) in [5.41, 5.74) is 3.86. The average molecular weight is 256 g/mol. The first kappa shape index (κ1) is 12.1. The van der Waals surface area contributed by atoms with E-state index in [1.165, 1.54) is 23.5 Å². The van der Waals surface area contributed by atoms with E-state index in [9.17, 15) is 0 Å². The van der Waals surface area contributed by atoms with Crippen molar-refractivity contribution in [3.8, 4) is 0 Å². The molecule has 1 aromatic carbocycles. The SMILES string of the molecule is Cn1nccc1CCN1CCCNc2ccccc21. The van der Waals surface area contributed by atoms with Crippen molar-refractivity contribution < 1.29 is 0 Å². The highest BCUT2D eigenvalue weighted by Crippen LogP contribution is 2.27. The highest BCUT2D eigenvalue weighted by atomic mass is 15.3. The number of benzene rings is 1. The molecule has 1 aliphatic heterocycles. The molecule has 0 saturated carbocycles. The number of nitrogens with zero attached hydrogens (tertiary/aromatic N) is 3. The van der Waals surface area contributed by atoms with Crippen molar-refractivity contribution in [2.24, 2.45) is 7.05 Å². The minimum atomic E-state index is 1.03. The summed E-state index contributed by atoms with van der Waals surface area (Å²) in [6.07, 6.45) is 4.08. The van der Waals surface area contributed by atoms with Gasteiger partial charge in [0, 0.05) is 45.0 Å². The molecule has 0 atom stereocenters. The quantitative estimate of drug-likeness (QED) is 0.914. The van der Waals surface area contributed by atoms with Crippen molar-refractivity contribution in [1.82, 2.24) is 9.78 Å². The monoisotopic (exact) mass is 256 g/mol. The van der Waals surface area contributed by atoms with E-state index in [1.54, 1.807) is 0 Å². The lowest BCUT2D eigenvalue weighted by Gasteiger charge is -2.24. The van der Waals surface area contributed by atoms with E-state index in [1.807, 2.05) is 17.9 Å². The Morgan fingerprint density at radius 2 is 2.16 bits per heavy atom. The maximum absolute atomic E-state index is 4.23. The first-order valence-electron chi connectivity index (χ1n) is 6.89. The molecule has 19 heavy (non-hydrogen) atoms. The molecule has 1 N–H and O–H groups in total. The third kappa shape index (κ3) is 2.57. The topological polar surface area (TPSA) is 33.1 Å². The molecule has 1 aliphatic rings. The Balaban J connectivity index is 1.75. The van der Waals surface area contributed by atoms with Crippen LogP contribution < -0.4 is 10.2 Å². The zero-order chi connectivity index (χ0) is 13.1. The van der Waals surface area contributed by atoms with E-state index >= 15 is 0 Å². The van der Waals surface area contributed by atoms with E-state index in [4.69, 9.17) is 0 Å². The van der Waals surface area contributed by atoms with Crippen LogP contribution in [0.5, 0.6) is 0 Å². The average Bonchev–Trinajstić information content (AvgIpc) is 2.73. The Kier molecular flexibility index (Phi) is 3.40. The largest absolute Gasteiger partial charge is 0.383 e. The number of aryl methyl sites for hydroxylation is 1. The number of anilines is 2. The Morgan fingerprint density at radius 3 is 3.00 bits per heavy atom. The first-order chi connectivity index (χ1) is 9.34. The van der Waals surface area contributed by atoms with Crippen molar-refractivity contribution in [3.63, 3.8) is 0 Å². The molecule has 4 nitrogen and oxygen atoms in total. The zero-order valence-electron chi connectivity index (χ0n) is 11.3. The highest BCUT2D eigenvalue weighted by Gasteiger charge is 2.14. The third-order valence-corrected chi connectivity index (χ3v) is 3.73. The molecule has 0 saturated heterocycles. The van der Waals surface area contributed by atoms with Gasteiger partial charge in [-0.15, -0.1) is 0 Å². The van der Waals surface area contributed by atoms with Gasteiger partial charge in [-0.3, -0.25) is 4.68 Å². The summed E-state index contributed by atoms with van der Waals surface area (Å²) in [6, 6.07) is 10.7. The molecule has 2 aromatic rings. The van der Waals surface area contributed by atoms with Crippen LogP contribution in [0.3, 0.4) is 0 Å². The number of aromatic nitrogens is 2. The Bertz CT molecular complexity index is 547. The number of hydrogen-bond acceptors (Lipinski definition) is 3. The summed E-state index contributed by atoms with van der Waals surface area (Å²) in [5.74, 6) is 0. The van der Waals surface area contributed by atoms with Gasteiger partial charge in [0.25, 0.3) is 0 Å². The molecule has 0 fully saturated rings. The standard InChI is InChI=1S/C15H20N4/c1-18-13(7-10-17-18)8-12-19-11-4-9-16-14-5-2-3-6-15(14)19/h2-3,5-7,10,16H,4,8-9,11-12H2,1H3. The minimum Gasteiger partial charge on any atom is -0.383 e. The lowest BCUT2D eigenvalue weighted by atomic mass is 10.2. The normalized spacial score (nSPS) is 14.7. The highest BCUT2D eigenvalue weighted by molar-refractivity contribution is 5.70. The molecule has 0 amide bonds. The maximum atomic E-state index is 4.23. The van der Waals surface area contributed by atoms with Crippen molar-refractivity contribution in [2.45, 2.75) is 12.8 Å². The summed E-state index contributed by atoms with van der Waals surface area (Å²) in [7, 11) is 2.01. The van der Waals surface area contributed by atoms with Gasteiger partial charge in [0.1, 0.15) is 0 Å². The van der Waals surface area contributed by atoms with E-state index in [0.29, 0.717) is 0 Å². The van der Waals surface area contributed by atoms with Crippen LogP contribution in [0.4, 0.5) is 11.4 Å². The molecule has 0 unspecified atom stereocenters. The molecule has 0 radical (unpaired) electrons. The fraction of sp³-hybridized carbons (Fsp3) is 0.400. The van der Waals surface area contributed by atoms with Crippen LogP contribution in [-0.4, -0.2) is 29.4 Å². The maximum Gasteiger partial charge on any atom is 0.0602 e. The molecule has 1 aromatic heterocycles. The van der Waals surface area contributed by atoms with Gasteiger partial charge in [-0.05, 0) is 24.6 Å². The van der Waals surface area contributed by atoms with Gasteiger partial charge in [-0.25, -0.2) is 0 Å². The summed E-state index contributed by atoms with van der Waals surface area (Å²) in [5, 5.41) is 7.73. The van der Waals surface area contributed by atoms with Crippen molar-refractivity contribution >= 4 is 11.4 Å². The van der Waals surface area contributed by atoms with Crippen LogP contribution in [0, 0.1) is 0 Å². The van der Waals surface area contributed by atoms with Crippen LogP contribution in [0.15, 0.2) is 36.5 Å². The molecule has 4 heteroatoms. The van der Waals surface area contributed by atoms with Gasteiger partial charge in [0.15, 0.2) is 0 Å². The molecular formula is C15H20N4. The van der Waals surface area contributed by atoms with Gasteiger partial charge >= 0.3 is 0 Å². The van der Waals surface area contributed by atoms with Gasteiger partial charge < -0.3 is 10.2 Å². The van der Waals surface area contributed by atoms with Gasteiger partial charge in [-0.1, -0.05) is 12.1 Å². The number of hydrogen-bond donors (Lipinski definition) is 1. The number of para-hydroxylation sites is 2. The Labute approximate surface area is 114 Å². The fourth-order valence-electron chi connectivity index (χ4n) is 2.64. The summed E-state index contributed by atoms with van der Waals surface area (Å²) < 4.78 is 1.96. The fourth-order valence-corrected chi connectivity index (χ4v) is 2.64. The van der Waals surface area contributed by atoms with Crippen LogP contribution >= 0.6 is 0 Å². The summed E-state index contributed by atoms with van der Waals surface area (Å²) >= 11 is 0. The predicted octanol–water partition coefficient (Wildman–Crippen LogP) is 2.28. The second-order valence-electron chi connectivity index (χ2n) is 4.98. The summed E-state index contributed by atoms with van der Waals surface area (Å²) in [6.45, 7) is 3.21. The van der Waals surface area contributed by atoms with Gasteiger partial charge in [-0.2, -0.15) is 5.10 Å². The first-order valence-corrected chi connectivity index (χ1v) is 6.89. The minimum absolute atomic E-state index is 1.03. The van der Waals surface area contributed by atoms with Crippen LogP contribution in [0.1, 0.15) is 12.1 Å². The molecule has 100 valence electrons. The Hall–Kier alpha value is -1.97. The zero-order valence-corrected chi connectivity index (χ0v) is 11.3. The molecule has 0 bridgehead atoms.